The Hall–Kier alpha value is -1.06. The lowest BCUT2D eigenvalue weighted by Gasteiger charge is -2.27. The zero-order chi connectivity index (χ0) is 13.8. The smallest absolute Gasteiger partial charge is 0.0702 e. The van der Waals surface area contributed by atoms with Crippen LogP contribution in [0.15, 0.2) is 24.3 Å². The normalized spacial score (nSPS) is 24.8. The first-order valence-electron chi connectivity index (χ1n) is 7.25. The highest BCUT2D eigenvalue weighted by atomic mass is 16.5. The van der Waals surface area contributed by atoms with Gasteiger partial charge < -0.3 is 15.4 Å². The average Bonchev–Trinajstić information content (AvgIpc) is 2.83. The fourth-order valence-corrected chi connectivity index (χ4v) is 2.85. The second-order valence-corrected chi connectivity index (χ2v) is 5.77. The molecule has 0 aliphatic carbocycles. The van der Waals surface area contributed by atoms with Gasteiger partial charge in [0.2, 0.25) is 0 Å². The van der Waals surface area contributed by atoms with Gasteiger partial charge in [-0.15, -0.1) is 0 Å². The fraction of sp³-hybridized carbons (Fsp3) is 0.625. The van der Waals surface area contributed by atoms with Gasteiger partial charge in [0.05, 0.1) is 6.10 Å². The van der Waals surface area contributed by atoms with E-state index in [4.69, 9.17) is 10.5 Å². The molecule has 1 heterocycles. The highest BCUT2D eigenvalue weighted by Crippen LogP contribution is 2.23. The number of nitrogens with zero attached hydrogens (tertiary/aromatic N) is 1. The summed E-state index contributed by atoms with van der Waals surface area (Å²) in [6, 6.07) is 8.84. The zero-order valence-corrected chi connectivity index (χ0v) is 12.3. The first-order valence-corrected chi connectivity index (χ1v) is 7.25. The summed E-state index contributed by atoms with van der Waals surface area (Å²) in [7, 11) is 2.21. The number of nitrogens with two attached hydrogens (primary N) is 1. The van der Waals surface area contributed by atoms with Crippen molar-refractivity contribution in [3.8, 4) is 0 Å². The Balaban J connectivity index is 1.82. The molecule has 2 N–H and O–H groups in total. The summed E-state index contributed by atoms with van der Waals surface area (Å²) < 4.78 is 5.64. The van der Waals surface area contributed by atoms with Crippen LogP contribution in [0.4, 0.5) is 5.69 Å². The maximum Gasteiger partial charge on any atom is 0.0702 e. The molecule has 0 saturated carbocycles. The molecule has 1 aromatic carbocycles. The maximum atomic E-state index is 5.72. The van der Waals surface area contributed by atoms with E-state index in [0.717, 1.165) is 25.3 Å². The second kappa shape index (κ2) is 6.40. The van der Waals surface area contributed by atoms with Gasteiger partial charge in [-0.25, -0.2) is 0 Å². The van der Waals surface area contributed by atoms with Crippen molar-refractivity contribution in [1.29, 1.82) is 0 Å². The number of benzene rings is 1. The topological polar surface area (TPSA) is 38.5 Å². The fourth-order valence-electron chi connectivity index (χ4n) is 2.85. The summed E-state index contributed by atoms with van der Waals surface area (Å²) in [5.41, 5.74) is 7.94. The van der Waals surface area contributed by atoms with E-state index in [-0.39, 0.29) is 0 Å². The Kier molecular flexibility index (Phi) is 4.83. The first kappa shape index (κ1) is 14.4. The molecular weight excluding hydrogens is 236 g/mol. The number of hydrogen-bond acceptors (Lipinski definition) is 3. The SMILES string of the molecule is CC(CCN(C)C1CCOC1C)c1ccc(N)cc1. The Morgan fingerprint density at radius 1 is 1.37 bits per heavy atom. The van der Waals surface area contributed by atoms with Gasteiger partial charge in [0.1, 0.15) is 0 Å². The van der Waals surface area contributed by atoms with Crippen LogP contribution in [0.25, 0.3) is 0 Å². The molecule has 0 spiro atoms. The van der Waals surface area contributed by atoms with Gasteiger partial charge in [-0.05, 0) is 57.0 Å². The van der Waals surface area contributed by atoms with Crippen LogP contribution in [0, 0.1) is 0 Å². The molecule has 0 aromatic heterocycles. The lowest BCUT2D eigenvalue weighted by Crippen LogP contribution is -2.37. The predicted octanol–water partition coefficient (Wildman–Crippen LogP) is 2.87. The third kappa shape index (κ3) is 3.71. The van der Waals surface area contributed by atoms with Crippen LogP contribution in [0.1, 0.15) is 38.2 Å². The Labute approximate surface area is 116 Å². The molecule has 1 aliphatic heterocycles. The minimum Gasteiger partial charge on any atom is -0.399 e. The van der Waals surface area contributed by atoms with Crippen molar-refractivity contribution >= 4 is 5.69 Å². The van der Waals surface area contributed by atoms with E-state index < -0.39 is 0 Å². The van der Waals surface area contributed by atoms with Crippen molar-refractivity contribution in [1.82, 2.24) is 4.90 Å². The minimum absolute atomic E-state index is 0.372. The Morgan fingerprint density at radius 2 is 2.05 bits per heavy atom. The van der Waals surface area contributed by atoms with E-state index in [1.807, 2.05) is 12.1 Å². The predicted molar refractivity (Wildman–Crippen MR) is 80.3 cm³/mol. The second-order valence-electron chi connectivity index (χ2n) is 5.77. The van der Waals surface area contributed by atoms with E-state index >= 15 is 0 Å². The molecule has 0 bridgehead atoms. The van der Waals surface area contributed by atoms with Gasteiger partial charge in [-0.2, -0.15) is 0 Å². The molecule has 19 heavy (non-hydrogen) atoms. The van der Waals surface area contributed by atoms with E-state index in [2.05, 4.69) is 37.9 Å². The molecule has 3 unspecified atom stereocenters. The van der Waals surface area contributed by atoms with Crippen LogP contribution in [0.5, 0.6) is 0 Å². The lowest BCUT2D eigenvalue weighted by molar-refractivity contribution is 0.0828. The summed E-state index contributed by atoms with van der Waals surface area (Å²) in [6.07, 6.45) is 2.70. The van der Waals surface area contributed by atoms with Gasteiger partial charge in [0.25, 0.3) is 0 Å². The molecular formula is C16H26N2O. The van der Waals surface area contributed by atoms with Crippen molar-refractivity contribution < 1.29 is 4.74 Å². The maximum absolute atomic E-state index is 5.72. The third-order valence-corrected chi connectivity index (χ3v) is 4.32. The number of anilines is 1. The summed E-state index contributed by atoms with van der Waals surface area (Å²) in [5, 5.41) is 0. The lowest BCUT2D eigenvalue weighted by atomic mass is 9.97. The highest BCUT2D eigenvalue weighted by Gasteiger charge is 2.27. The molecule has 106 valence electrons. The molecule has 3 atom stereocenters. The van der Waals surface area contributed by atoms with Gasteiger partial charge in [0.15, 0.2) is 0 Å². The van der Waals surface area contributed by atoms with Crippen LogP contribution < -0.4 is 5.73 Å². The summed E-state index contributed by atoms with van der Waals surface area (Å²) in [5.74, 6) is 0.570. The number of nitrogen functional groups attached to an aromatic ring is 1. The quantitative estimate of drug-likeness (QED) is 0.829. The van der Waals surface area contributed by atoms with E-state index in [9.17, 15) is 0 Å². The highest BCUT2D eigenvalue weighted by molar-refractivity contribution is 5.40. The van der Waals surface area contributed by atoms with E-state index in [1.165, 1.54) is 12.0 Å². The van der Waals surface area contributed by atoms with Crippen molar-refractivity contribution in [2.75, 3.05) is 25.9 Å². The summed E-state index contributed by atoms with van der Waals surface area (Å²) in [4.78, 5) is 2.45. The van der Waals surface area contributed by atoms with Crippen LogP contribution in [-0.4, -0.2) is 37.2 Å². The molecule has 1 saturated heterocycles. The zero-order valence-electron chi connectivity index (χ0n) is 12.3. The van der Waals surface area contributed by atoms with Gasteiger partial charge in [-0.3, -0.25) is 0 Å². The van der Waals surface area contributed by atoms with Gasteiger partial charge in [-0.1, -0.05) is 19.1 Å². The van der Waals surface area contributed by atoms with E-state index in [0.29, 0.717) is 18.1 Å². The van der Waals surface area contributed by atoms with Crippen LogP contribution in [-0.2, 0) is 4.74 Å². The van der Waals surface area contributed by atoms with Crippen molar-refractivity contribution in [3.63, 3.8) is 0 Å². The number of rotatable bonds is 5. The standard InChI is InChI=1S/C16H26N2O/c1-12(14-4-6-15(17)7-5-14)8-10-18(3)16-9-11-19-13(16)2/h4-7,12-13,16H,8-11,17H2,1-3H3. The Bertz CT molecular complexity index is 390. The molecule has 0 radical (unpaired) electrons. The number of likely N-dealkylation sites (N-methyl/N-ethyl adjacent to an activating group) is 1. The Morgan fingerprint density at radius 3 is 2.63 bits per heavy atom. The largest absolute Gasteiger partial charge is 0.399 e. The molecule has 2 rings (SSSR count). The van der Waals surface area contributed by atoms with Crippen molar-refractivity contribution in [2.45, 2.75) is 44.8 Å². The molecule has 0 amide bonds. The summed E-state index contributed by atoms with van der Waals surface area (Å²) >= 11 is 0. The average molecular weight is 262 g/mol. The molecule has 3 nitrogen and oxygen atoms in total. The number of hydrogen-bond donors (Lipinski definition) is 1. The molecule has 1 aromatic rings. The summed E-state index contributed by atoms with van der Waals surface area (Å²) in [6.45, 7) is 6.49. The van der Waals surface area contributed by atoms with Gasteiger partial charge in [0, 0.05) is 18.3 Å². The third-order valence-electron chi connectivity index (χ3n) is 4.32. The monoisotopic (exact) mass is 262 g/mol. The molecule has 3 heteroatoms. The van der Waals surface area contributed by atoms with Crippen LogP contribution >= 0.6 is 0 Å². The minimum atomic E-state index is 0.372. The van der Waals surface area contributed by atoms with E-state index in [1.54, 1.807) is 0 Å². The molecule has 1 aliphatic rings. The molecule has 1 fully saturated rings. The first-order chi connectivity index (χ1) is 9.08. The van der Waals surface area contributed by atoms with Crippen LogP contribution in [0.2, 0.25) is 0 Å². The van der Waals surface area contributed by atoms with Crippen molar-refractivity contribution in [2.24, 2.45) is 0 Å². The van der Waals surface area contributed by atoms with Crippen LogP contribution in [0.3, 0.4) is 0 Å². The van der Waals surface area contributed by atoms with Gasteiger partial charge >= 0.3 is 0 Å². The number of ether oxygens (including phenoxy) is 1. The van der Waals surface area contributed by atoms with Crippen molar-refractivity contribution in [3.05, 3.63) is 29.8 Å².